The summed E-state index contributed by atoms with van der Waals surface area (Å²) in [7, 11) is 5.16. The molecule has 2 saturated heterocycles. The fourth-order valence-electron chi connectivity index (χ4n) is 3.37. The van der Waals surface area contributed by atoms with Crippen LogP contribution < -0.4 is 5.32 Å². The second-order valence-electron chi connectivity index (χ2n) is 6.66. The van der Waals surface area contributed by atoms with Gasteiger partial charge in [-0.1, -0.05) is 0 Å². The molecule has 9 heteroatoms. The lowest BCUT2D eigenvalue weighted by molar-refractivity contribution is -0.187. The Hall–Kier alpha value is -1.97. The van der Waals surface area contributed by atoms with Crippen molar-refractivity contribution >= 4 is 11.8 Å². The summed E-state index contributed by atoms with van der Waals surface area (Å²) < 4.78 is 12.7. The van der Waals surface area contributed by atoms with E-state index >= 15 is 0 Å². The van der Waals surface area contributed by atoms with Gasteiger partial charge in [-0.15, -0.1) is 0 Å². The third-order valence-electron chi connectivity index (χ3n) is 4.80. The van der Waals surface area contributed by atoms with E-state index in [1.165, 1.54) is 0 Å². The summed E-state index contributed by atoms with van der Waals surface area (Å²) in [6.45, 7) is 3.15. The molecule has 2 aliphatic heterocycles. The molecule has 1 aromatic rings. The largest absolute Gasteiger partial charge is 0.383 e. The SMILES string of the molecule is CNC(=O)[C@@H]1COC2(CN(C(=O)c3ccn(CCOC)n3)C2)CN1C. The lowest BCUT2D eigenvalue weighted by Gasteiger charge is -2.54. The zero-order valence-electron chi connectivity index (χ0n) is 14.9. The first-order chi connectivity index (χ1) is 12.0. The van der Waals surface area contributed by atoms with Crippen molar-refractivity contribution in [2.75, 3.05) is 54.1 Å². The molecule has 2 amide bonds. The fourth-order valence-corrected chi connectivity index (χ4v) is 3.37. The number of hydrogen-bond donors (Lipinski definition) is 1. The second kappa shape index (κ2) is 7.11. The Morgan fingerprint density at radius 3 is 2.84 bits per heavy atom. The lowest BCUT2D eigenvalue weighted by atomic mass is 9.90. The molecule has 1 spiro atoms. The van der Waals surface area contributed by atoms with Gasteiger partial charge in [0, 0.05) is 26.9 Å². The number of ether oxygens (including phenoxy) is 2. The van der Waals surface area contributed by atoms with Crippen LogP contribution in [0, 0.1) is 0 Å². The van der Waals surface area contributed by atoms with Gasteiger partial charge < -0.3 is 19.7 Å². The summed E-state index contributed by atoms with van der Waals surface area (Å²) in [5, 5.41) is 6.94. The first-order valence-corrected chi connectivity index (χ1v) is 8.35. The van der Waals surface area contributed by atoms with Crippen LogP contribution in [0.3, 0.4) is 0 Å². The van der Waals surface area contributed by atoms with Gasteiger partial charge in [0.05, 0.1) is 32.8 Å². The summed E-state index contributed by atoms with van der Waals surface area (Å²) in [5.74, 6) is -0.146. The number of carbonyl (C=O) groups excluding carboxylic acids is 2. The molecule has 9 nitrogen and oxygen atoms in total. The monoisotopic (exact) mass is 351 g/mol. The number of nitrogens with zero attached hydrogens (tertiary/aromatic N) is 4. The van der Waals surface area contributed by atoms with Crippen LogP contribution in [0.1, 0.15) is 10.5 Å². The average molecular weight is 351 g/mol. The number of methoxy groups -OCH3 is 1. The Labute approximate surface area is 146 Å². The topological polar surface area (TPSA) is 88.9 Å². The van der Waals surface area contributed by atoms with Gasteiger partial charge in [0.2, 0.25) is 5.91 Å². The summed E-state index contributed by atoms with van der Waals surface area (Å²) in [5.41, 5.74) is 0.0476. The van der Waals surface area contributed by atoms with E-state index in [1.54, 1.807) is 36.0 Å². The van der Waals surface area contributed by atoms with Gasteiger partial charge in [0.15, 0.2) is 0 Å². The number of likely N-dealkylation sites (N-methyl/N-ethyl adjacent to an activating group) is 2. The first-order valence-electron chi connectivity index (χ1n) is 8.35. The molecular weight excluding hydrogens is 326 g/mol. The van der Waals surface area contributed by atoms with Crippen LogP contribution in [0.25, 0.3) is 0 Å². The van der Waals surface area contributed by atoms with Gasteiger partial charge in [0.25, 0.3) is 5.91 Å². The van der Waals surface area contributed by atoms with Crippen LogP contribution in [-0.2, 0) is 20.8 Å². The van der Waals surface area contributed by atoms with Crippen molar-refractivity contribution in [1.29, 1.82) is 0 Å². The van der Waals surface area contributed by atoms with E-state index in [0.717, 1.165) is 0 Å². The quantitative estimate of drug-likeness (QED) is 0.717. The molecule has 0 bridgehead atoms. The van der Waals surface area contributed by atoms with Crippen molar-refractivity contribution in [3.8, 4) is 0 Å². The molecule has 3 heterocycles. The number of aromatic nitrogens is 2. The van der Waals surface area contributed by atoms with Crippen molar-refractivity contribution in [3.63, 3.8) is 0 Å². The highest BCUT2D eigenvalue weighted by molar-refractivity contribution is 5.93. The number of amides is 2. The number of likely N-dealkylation sites (tertiary alicyclic amines) is 1. The molecular formula is C16H25N5O4. The molecule has 2 aliphatic rings. The van der Waals surface area contributed by atoms with E-state index in [2.05, 4.69) is 10.4 Å². The highest BCUT2D eigenvalue weighted by Crippen LogP contribution is 2.31. The van der Waals surface area contributed by atoms with Gasteiger partial charge in [-0.3, -0.25) is 19.2 Å². The minimum absolute atomic E-state index is 0.0498. The Morgan fingerprint density at radius 2 is 2.20 bits per heavy atom. The fraction of sp³-hybridized carbons (Fsp3) is 0.688. The van der Waals surface area contributed by atoms with Gasteiger partial charge in [-0.05, 0) is 13.1 Å². The molecule has 1 N–H and O–H groups in total. The van der Waals surface area contributed by atoms with Crippen molar-refractivity contribution in [2.45, 2.75) is 18.2 Å². The standard InChI is InChI=1S/C16H25N5O4/c1-17-14(22)13-8-25-16(9-19(13)2)10-20(11-16)15(23)12-4-5-21(18-12)6-7-24-3/h4-5,13H,6-11H2,1-3H3,(H,17,22)/t13-/m0/s1. The molecule has 0 radical (unpaired) electrons. The van der Waals surface area contributed by atoms with Gasteiger partial charge in [-0.2, -0.15) is 5.10 Å². The van der Waals surface area contributed by atoms with Crippen LogP contribution in [0.5, 0.6) is 0 Å². The van der Waals surface area contributed by atoms with Crippen LogP contribution in [0.15, 0.2) is 12.3 Å². The zero-order valence-corrected chi connectivity index (χ0v) is 14.9. The molecule has 0 aromatic carbocycles. The maximum Gasteiger partial charge on any atom is 0.274 e. The summed E-state index contributed by atoms with van der Waals surface area (Å²) in [6, 6.07) is 1.44. The van der Waals surface area contributed by atoms with Crippen molar-refractivity contribution in [1.82, 2.24) is 24.9 Å². The van der Waals surface area contributed by atoms with Crippen LogP contribution >= 0.6 is 0 Å². The molecule has 25 heavy (non-hydrogen) atoms. The Morgan fingerprint density at radius 1 is 1.44 bits per heavy atom. The van der Waals surface area contributed by atoms with Gasteiger partial charge in [0.1, 0.15) is 17.3 Å². The predicted molar refractivity (Wildman–Crippen MR) is 89.2 cm³/mol. The van der Waals surface area contributed by atoms with Crippen LogP contribution in [0.4, 0.5) is 0 Å². The number of rotatable bonds is 5. The number of carbonyl (C=O) groups is 2. The molecule has 3 rings (SSSR count). The van der Waals surface area contributed by atoms with E-state index in [-0.39, 0.29) is 23.5 Å². The first kappa shape index (κ1) is 17.8. The normalized spacial score (nSPS) is 22.7. The maximum atomic E-state index is 12.5. The summed E-state index contributed by atoms with van der Waals surface area (Å²) >= 11 is 0. The number of nitrogens with one attached hydrogen (secondary N) is 1. The van der Waals surface area contributed by atoms with Crippen LogP contribution in [0.2, 0.25) is 0 Å². The molecule has 138 valence electrons. The summed E-state index contributed by atoms with van der Waals surface area (Å²) in [4.78, 5) is 28.1. The van der Waals surface area contributed by atoms with E-state index in [9.17, 15) is 9.59 Å². The lowest BCUT2D eigenvalue weighted by Crippen LogP contribution is -2.73. The number of hydrogen-bond acceptors (Lipinski definition) is 6. The van der Waals surface area contributed by atoms with E-state index in [0.29, 0.717) is 45.1 Å². The highest BCUT2D eigenvalue weighted by Gasteiger charge is 2.51. The number of morpholine rings is 1. The molecule has 1 atom stereocenters. The van der Waals surface area contributed by atoms with Crippen LogP contribution in [-0.4, -0.2) is 97.1 Å². The zero-order chi connectivity index (χ0) is 18.0. The van der Waals surface area contributed by atoms with E-state index in [4.69, 9.17) is 9.47 Å². The van der Waals surface area contributed by atoms with Gasteiger partial charge in [-0.25, -0.2) is 0 Å². The van der Waals surface area contributed by atoms with Crippen molar-refractivity contribution in [3.05, 3.63) is 18.0 Å². The molecule has 1 aromatic heterocycles. The smallest absolute Gasteiger partial charge is 0.274 e. The molecule has 2 fully saturated rings. The predicted octanol–water partition coefficient (Wildman–Crippen LogP) is -1.20. The third-order valence-corrected chi connectivity index (χ3v) is 4.80. The Balaban J connectivity index is 1.54. The molecule has 0 saturated carbocycles. The molecule has 0 unspecified atom stereocenters. The molecule has 0 aliphatic carbocycles. The average Bonchev–Trinajstić information content (AvgIpc) is 3.05. The Bertz CT molecular complexity index is 640. The third kappa shape index (κ3) is 3.53. The summed E-state index contributed by atoms with van der Waals surface area (Å²) in [6.07, 6.45) is 1.78. The second-order valence-corrected chi connectivity index (χ2v) is 6.66. The minimum atomic E-state index is -0.381. The van der Waals surface area contributed by atoms with Crippen molar-refractivity contribution < 1.29 is 19.1 Å². The Kier molecular flexibility index (Phi) is 5.07. The van der Waals surface area contributed by atoms with E-state index in [1.807, 2.05) is 11.9 Å². The highest BCUT2D eigenvalue weighted by atomic mass is 16.5. The maximum absolute atomic E-state index is 12.5. The van der Waals surface area contributed by atoms with Crippen molar-refractivity contribution in [2.24, 2.45) is 0 Å². The van der Waals surface area contributed by atoms with Gasteiger partial charge >= 0.3 is 0 Å². The minimum Gasteiger partial charge on any atom is -0.383 e. The van der Waals surface area contributed by atoms with E-state index < -0.39 is 0 Å².